The molecule has 0 amide bonds. The van der Waals surface area contributed by atoms with Crippen LogP contribution in [0.5, 0.6) is 5.75 Å². The molecule has 2 atom stereocenters. The van der Waals surface area contributed by atoms with Crippen LogP contribution in [0.25, 0.3) is 0 Å². The summed E-state index contributed by atoms with van der Waals surface area (Å²) in [6.45, 7) is 0.497. The number of ether oxygens (including phenoxy) is 1. The topological polar surface area (TPSA) is 58.6 Å². The number of hydrogen-bond acceptors (Lipinski definition) is 4. The molecule has 4 nitrogen and oxygen atoms in total. The number of carboxylic acid groups (broad SMARTS) is 1. The minimum absolute atomic E-state index is 0.0547. The maximum Gasteiger partial charge on any atom is 0.321 e. The van der Waals surface area contributed by atoms with Crippen molar-refractivity contribution in [2.24, 2.45) is 0 Å². The van der Waals surface area contributed by atoms with Gasteiger partial charge in [-0.05, 0) is 36.5 Å². The smallest absolute Gasteiger partial charge is 0.321 e. The van der Waals surface area contributed by atoms with E-state index in [0.29, 0.717) is 18.3 Å². The molecule has 2 fully saturated rings. The van der Waals surface area contributed by atoms with E-state index in [1.807, 2.05) is 12.1 Å². The minimum Gasteiger partial charge on any atom is -0.491 e. The van der Waals surface area contributed by atoms with Crippen molar-refractivity contribution in [3.63, 3.8) is 0 Å². The van der Waals surface area contributed by atoms with E-state index in [1.54, 1.807) is 11.8 Å². The van der Waals surface area contributed by atoms with Crippen LogP contribution in [0, 0.1) is 0 Å². The van der Waals surface area contributed by atoms with Crippen molar-refractivity contribution in [1.29, 1.82) is 0 Å². The average molecular weight is 321 g/mol. The van der Waals surface area contributed by atoms with Gasteiger partial charge in [-0.2, -0.15) is 0 Å². The number of rotatable bonds is 5. The molecule has 0 aromatic heterocycles. The van der Waals surface area contributed by atoms with Gasteiger partial charge in [0.05, 0.1) is 5.37 Å². The molecule has 22 heavy (non-hydrogen) atoms. The first-order valence-corrected chi connectivity index (χ1v) is 9.10. The van der Waals surface area contributed by atoms with Crippen LogP contribution in [0.15, 0.2) is 24.3 Å². The third-order valence-corrected chi connectivity index (χ3v) is 5.71. The summed E-state index contributed by atoms with van der Waals surface area (Å²) < 4.78 is 5.78. The zero-order chi connectivity index (χ0) is 15.4. The Morgan fingerprint density at radius 3 is 2.59 bits per heavy atom. The quantitative estimate of drug-likeness (QED) is 0.872. The van der Waals surface area contributed by atoms with E-state index in [4.69, 9.17) is 9.84 Å². The molecule has 120 valence electrons. The molecule has 1 saturated carbocycles. The number of thioether (sulfide) groups is 1. The van der Waals surface area contributed by atoms with Crippen molar-refractivity contribution in [1.82, 2.24) is 5.32 Å². The van der Waals surface area contributed by atoms with E-state index in [9.17, 15) is 4.79 Å². The van der Waals surface area contributed by atoms with Crippen LogP contribution in [-0.4, -0.2) is 34.9 Å². The molecule has 2 aliphatic rings. The number of carbonyl (C=O) groups is 1. The summed E-state index contributed by atoms with van der Waals surface area (Å²) in [6.07, 6.45) is 6.68. The molecule has 2 unspecified atom stereocenters. The second kappa shape index (κ2) is 7.38. The second-order valence-corrected chi connectivity index (χ2v) is 7.33. The lowest BCUT2D eigenvalue weighted by molar-refractivity contribution is -0.138. The summed E-state index contributed by atoms with van der Waals surface area (Å²) in [5.74, 6) is 1.39. The van der Waals surface area contributed by atoms with E-state index < -0.39 is 12.0 Å². The highest BCUT2D eigenvalue weighted by atomic mass is 32.2. The average Bonchev–Trinajstić information content (AvgIpc) is 3.04. The molecule has 5 heteroatoms. The van der Waals surface area contributed by atoms with Crippen molar-refractivity contribution >= 4 is 17.7 Å². The van der Waals surface area contributed by atoms with Crippen LogP contribution >= 0.6 is 11.8 Å². The Morgan fingerprint density at radius 2 is 1.95 bits per heavy atom. The fourth-order valence-corrected chi connectivity index (χ4v) is 4.30. The fraction of sp³-hybridized carbons (Fsp3) is 0.588. The minimum atomic E-state index is -0.785. The van der Waals surface area contributed by atoms with E-state index in [2.05, 4.69) is 17.4 Å². The summed E-state index contributed by atoms with van der Waals surface area (Å²) in [6, 6.07) is 7.99. The maximum absolute atomic E-state index is 10.9. The molecule has 0 radical (unpaired) electrons. The fourth-order valence-electron chi connectivity index (χ4n) is 3.22. The van der Waals surface area contributed by atoms with Gasteiger partial charge in [0, 0.05) is 5.75 Å². The normalized spacial score (nSPS) is 26.0. The Labute approximate surface area is 135 Å². The molecule has 1 aromatic carbocycles. The Bertz CT molecular complexity index is 499. The predicted octanol–water partition coefficient (Wildman–Crippen LogP) is 3.23. The Balaban J connectivity index is 1.48. The first kappa shape index (κ1) is 15.7. The molecule has 3 rings (SSSR count). The molecule has 0 bridgehead atoms. The first-order chi connectivity index (χ1) is 10.7. The van der Waals surface area contributed by atoms with E-state index >= 15 is 0 Å². The van der Waals surface area contributed by atoms with Crippen LogP contribution in [0.1, 0.15) is 43.6 Å². The van der Waals surface area contributed by atoms with Gasteiger partial charge in [0.2, 0.25) is 0 Å². The summed E-state index contributed by atoms with van der Waals surface area (Å²) in [4.78, 5) is 10.9. The summed E-state index contributed by atoms with van der Waals surface area (Å²) >= 11 is 1.61. The summed E-state index contributed by atoms with van der Waals surface area (Å²) in [7, 11) is 0. The van der Waals surface area contributed by atoms with Gasteiger partial charge < -0.3 is 9.84 Å². The number of aliphatic carboxylic acids is 1. The van der Waals surface area contributed by atoms with Gasteiger partial charge in [0.25, 0.3) is 0 Å². The molecule has 1 aromatic rings. The highest BCUT2D eigenvalue weighted by Gasteiger charge is 2.29. The lowest BCUT2D eigenvalue weighted by Crippen LogP contribution is -2.38. The van der Waals surface area contributed by atoms with Gasteiger partial charge in [0.15, 0.2) is 0 Å². The SMILES string of the molecule is O=C(O)C1CSC(COc2ccc(C3CCCCC3)cc2)N1. The highest BCUT2D eigenvalue weighted by Crippen LogP contribution is 2.33. The molecule has 1 aliphatic carbocycles. The standard InChI is InChI=1S/C17H23NO3S/c19-17(20)15-11-22-16(18-15)10-21-14-8-6-13(7-9-14)12-4-2-1-3-5-12/h6-9,12,15-16,18H,1-5,10-11H2,(H,19,20). The van der Waals surface area contributed by atoms with Crippen LogP contribution < -0.4 is 10.1 Å². The second-order valence-electron chi connectivity index (χ2n) is 6.09. The molecular weight excluding hydrogens is 298 g/mol. The van der Waals surface area contributed by atoms with Crippen molar-refractivity contribution < 1.29 is 14.6 Å². The molecular formula is C17H23NO3S. The lowest BCUT2D eigenvalue weighted by Gasteiger charge is -2.22. The molecule has 1 heterocycles. The highest BCUT2D eigenvalue weighted by molar-refractivity contribution is 8.00. The molecule has 1 aliphatic heterocycles. The monoisotopic (exact) mass is 321 g/mol. The van der Waals surface area contributed by atoms with Crippen LogP contribution in [0.2, 0.25) is 0 Å². The first-order valence-electron chi connectivity index (χ1n) is 8.05. The van der Waals surface area contributed by atoms with E-state index in [-0.39, 0.29) is 5.37 Å². The van der Waals surface area contributed by atoms with Gasteiger partial charge >= 0.3 is 5.97 Å². The third kappa shape index (κ3) is 3.96. The Kier molecular flexibility index (Phi) is 5.26. The lowest BCUT2D eigenvalue weighted by atomic mass is 9.84. The molecule has 1 saturated heterocycles. The molecule has 0 spiro atoms. The Hall–Kier alpha value is -1.20. The summed E-state index contributed by atoms with van der Waals surface area (Å²) in [5.41, 5.74) is 1.42. The zero-order valence-electron chi connectivity index (χ0n) is 12.7. The van der Waals surface area contributed by atoms with Crippen molar-refractivity contribution in [3.05, 3.63) is 29.8 Å². The van der Waals surface area contributed by atoms with Crippen molar-refractivity contribution in [2.45, 2.75) is 49.4 Å². The van der Waals surface area contributed by atoms with Crippen LogP contribution in [0.3, 0.4) is 0 Å². The van der Waals surface area contributed by atoms with Gasteiger partial charge in [-0.3, -0.25) is 10.1 Å². The van der Waals surface area contributed by atoms with Crippen molar-refractivity contribution in [3.8, 4) is 5.75 Å². The van der Waals surface area contributed by atoms with Crippen molar-refractivity contribution in [2.75, 3.05) is 12.4 Å². The third-order valence-electron chi connectivity index (χ3n) is 4.51. The van der Waals surface area contributed by atoms with E-state index in [1.165, 1.54) is 37.7 Å². The van der Waals surface area contributed by atoms with Gasteiger partial charge in [-0.1, -0.05) is 31.4 Å². The maximum atomic E-state index is 10.9. The Morgan fingerprint density at radius 1 is 1.23 bits per heavy atom. The zero-order valence-corrected chi connectivity index (χ0v) is 13.5. The predicted molar refractivity (Wildman–Crippen MR) is 88.6 cm³/mol. The number of nitrogens with one attached hydrogen (secondary N) is 1. The van der Waals surface area contributed by atoms with Gasteiger partial charge in [-0.15, -0.1) is 11.8 Å². The van der Waals surface area contributed by atoms with Gasteiger partial charge in [0.1, 0.15) is 18.4 Å². The number of hydrogen-bond donors (Lipinski definition) is 2. The van der Waals surface area contributed by atoms with Crippen LogP contribution in [-0.2, 0) is 4.79 Å². The van der Waals surface area contributed by atoms with Crippen LogP contribution in [0.4, 0.5) is 0 Å². The van der Waals surface area contributed by atoms with Gasteiger partial charge in [-0.25, -0.2) is 0 Å². The number of benzene rings is 1. The number of carboxylic acids is 1. The van der Waals surface area contributed by atoms with E-state index in [0.717, 1.165) is 5.75 Å². The summed E-state index contributed by atoms with van der Waals surface area (Å²) in [5, 5.41) is 12.1. The molecule has 2 N–H and O–H groups in total. The largest absolute Gasteiger partial charge is 0.491 e.